The van der Waals surface area contributed by atoms with Gasteiger partial charge >= 0.3 is 6.03 Å². The molecule has 1 aliphatic heterocycles. The van der Waals surface area contributed by atoms with Gasteiger partial charge in [-0.3, -0.25) is 4.57 Å². The highest BCUT2D eigenvalue weighted by molar-refractivity contribution is 7.91. The van der Waals surface area contributed by atoms with E-state index in [2.05, 4.69) is 4.98 Å². The van der Waals surface area contributed by atoms with Crippen LogP contribution in [-0.2, 0) is 9.84 Å². The summed E-state index contributed by atoms with van der Waals surface area (Å²) in [5.74, 6) is 0.0746. The summed E-state index contributed by atoms with van der Waals surface area (Å²) < 4.78 is 24.1. The molecule has 0 radical (unpaired) electrons. The molecule has 2 heterocycles. The molecule has 1 aromatic rings. The number of sulfone groups is 1. The summed E-state index contributed by atoms with van der Waals surface area (Å²) in [7, 11) is -2.99. The quantitative estimate of drug-likeness (QED) is 0.641. The molecule has 0 N–H and O–H groups in total. The number of imidazole rings is 1. The smallest absolute Gasteiger partial charge is 0.319 e. The Hall–Kier alpha value is -1.37. The van der Waals surface area contributed by atoms with Crippen molar-refractivity contribution in [2.75, 3.05) is 18.1 Å². The van der Waals surface area contributed by atoms with Crippen LogP contribution in [0.4, 0.5) is 4.79 Å². The lowest BCUT2D eigenvalue weighted by Gasteiger charge is -2.32. The van der Waals surface area contributed by atoms with Gasteiger partial charge in [0.05, 0.1) is 11.5 Å². The highest BCUT2D eigenvalue weighted by Gasteiger charge is 2.31. The van der Waals surface area contributed by atoms with Crippen molar-refractivity contribution in [2.24, 2.45) is 0 Å². The van der Waals surface area contributed by atoms with E-state index in [1.54, 1.807) is 18.0 Å². The normalized spacial score (nSPS) is 24.3. The molecule has 7 heteroatoms. The number of amides is 1. The Kier molecular flexibility index (Phi) is 2.71. The van der Waals surface area contributed by atoms with Crippen molar-refractivity contribution in [3.05, 3.63) is 18.7 Å². The minimum Gasteiger partial charge on any atom is -0.319 e. The Balaban J connectivity index is 2.15. The van der Waals surface area contributed by atoms with Gasteiger partial charge in [-0.15, -0.1) is 0 Å². The molecule has 1 amide bonds. The predicted octanol–water partition coefficient (Wildman–Crippen LogP) is -0.0299. The van der Waals surface area contributed by atoms with E-state index in [0.717, 1.165) is 0 Å². The summed E-state index contributed by atoms with van der Waals surface area (Å²) in [6.07, 6.45) is 4.49. The molecule has 1 aliphatic rings. The fourth-order valence-electron chi connectivity index (χ4n) is 1.80. The molecule has 0 aromatic carbocycles. The molecule has 16 heavy (non-hydrogen) atoms. The zero-order valence-electron chi connectivity index (χ0n) is 8.91. The zero-order chi connectivity index (χ0) is 11.8. The van der Waals surface area contributed by atoms with Crippen LogP contribution in [0.25, 0.3) is 0 Å². The van der Waals surface area contributed by atoms with Crippen LogP contribution in [0.5, 0.6) is 0 Å². The number of aromatic nitrogens is 2. The topological polar surface area (TPSA) is 72.3 Å². The van der Waals surface area contributed by atoms with Gasteiger partial charge in [0.2, 0.25) is 0 Å². The van der Waals surface area contributed by atoms with Crippen molar-refractivity contribution in [3.8, 4) is 0 Å². The number of carbonyl (C=O) groups excluding carboxylic acids is 1. The highest BCUT2D eigenvalue weighted by atomic mass is 32.2. The molecule has 2 rings (SSSR count). The van der Waals surface area contributed by atoms with Gasteiger partial charge in [-0.05, 0) is 6.92 Å². The first-order valence-electron chi connectivity index (χ1n) is 4.99. The zero-order valence-corrected chi connectivity index (χ0v) is 9.72. The van der Waals surface area contributed by atoms with Crippen molar-refractivity contribution in [3.63, 3.8) is 0 Å². The maximum Gasteiger partial charge on any atom is 0.329 e. The van der Waals surface area contributed by atoms with Crippen LogP contribution in [0, 0.1) is 0 Å². The monoisotopic (exact) mass is 243 g/mol. The van der Waals surface area contributed by atoms with Crippen LogP contribution < -0.4 is 0 Å². The molecular weight excluding hydrogens is 230 g/mol. The average Bonchev–Trinajstić information content (AvgIpc) is 2.68. The van der Waals surface area contributed by atoms with Crippen molar-refractivity contribution >= 4 is 15.9 Å². The molecule has 1 saturated heterocycles. The lowest BCUT2D eigenvalue weighted by atomic mass is 10.3. The first kappa shape index (κ1) is 11.1. The van der Waals surface area contributed by atoms with Gasteiger partial charge in [0, 0.05) is 25.0 Å². The van der Waals surface area contributed by atoms with Crippen molar-refractivity contribution in [2.45, 2.75) is 13.0 Å². The summed E-state index contributed by atoms with van der Waals surface area (Å²) in [4.78, 5) is 17.3. The number of carbonyl (C=O) groups is 1. The number of hydrogen-bond donors (Lipinski definition) is 0. The molecular formula is C9H13N3O3S. The van der Waals surface area contributed by atoms with E-state index < -0.39 is 9.84 Å². The van der Waals surface area contributed by atoms with Gasteiger partial charge in [0.15, 0.2) is 9.84 Å². The second-order valence-electron chi connectivity index (χ2n) is 3.91. The lowest BCUT2D eigenvalue weighted by Crippen LogP contribution is -2.50. The summed E-state index contributed by atoms with van der Waals surface area (Å²) in [5, 5.41) is 0. The molecule has 1 fully saturated rings. The molecule has 0 saturated carbocycles. The third kappa shape index (κ3) is 2.08. The third-order valence-corrected chi connectivity index (χ3v) is 4.44. The van der Waals surface area contributed by atoms with E-state index in [0.29, 0.717) is 0 Å². The summed E-state index contributed by atoms with van der Waals surface area (Å²) in [6.45, 7) is 1.99. The second-order valence-corrected chi connectivity index (χ2v) is 6.14. The van der Waals surface area contributed by atoms with Gasteiger partial charge < -0.3 is 4.90 Å². The molecule has 0 spiro atoms. The lowest BCUT2D eigenvalue weighted by molar-refractivity contribution is 0.186. The van der Waals surface area contributed by atoms with Gasteiger partial charge in [-0.2, -0.15) is 0 Å². The van der Waals surface area contributed by atoms with E-state index in [1.807, 2.05) is 0 Å². The van der Waals surface area contributed by atoms with Crippen molar-refractivity contribution in [1.29, 1.82) is 0 Å². The molecule has 0 bridgehead atoms. The first-order valence-corrected chi connectivity index (χ1v) is 6.81. The van der Waals surface area contributed by atoms with E-state index in [-0.39, 0.29) is 30.1 Å². The maximum absolute atomic E-state index is 11.9. The summed E-state index contributed by atoms with van der Waals surface area (Å²) >= 11 is 0. The van der Waals surface area contributed by atoms with E-state index in [4.69, 9.17) is 0 Å². The van der Waals surface area contributed by atoms with Gasteiger partial charge in [0.25, 0.3) is 0 Å². The summed E-state index contributed by atoms with van der Waals surface area (Å²) in [5.41, 5.74) is 0. The van der Waals surface area contributed by atoms with Crippen LogP contribution in [0.2, 0.25) is 0 Å². The van der Waals surface area contributed by atoms with Crippen LogP contribution in [0.15, 0.2) is 18.7 Å². The van der Waals surface area contributed by atoms with Gasteiger partial charge in [-0.1, -0.05) is 0 Å². The fourth-order valence-corrected chi connectivity index (χ4v) is 3.36. The van der Waals surface area contributed by atoms with Crippen LogP contribution in [0.1, 0.15) is 6.92 Å². The fraction of sp³-hybridized carbons (Fsp3) is 0.556. The third-order valence-electron chi connectivity index (χ3n) is 2.64. The molecule has 1 unspecified atom stereocenters. The van der Waals surface area contributed by atoms with E-state index in [1.165, 1.54) is 17.1 Å². The van der Waals surface area contributed by atoms with E-state index in [9.17, 15) is 13.2 Å². The minimum absolute atomic E-state index is 0.0352. The van der Waals surface area contributed by atoms with Crippen LogP contribution in [-0.4, -0.2) is 53.0 Å². The standard InChI is InChI=1S/C9H13N3O3S/c1-8-6-16(14,15)5-4-12(8)9(13)11-3-2-10-7-11/h2-3,7-8H,4-6H2,1H3. The van der Waals surface area contributed by atoms with Gasteiger partial charge in [0.1, 0.15) is 6.33 Å². The minimum atomic E-state index is -2.99. The molecule has 88 valence electrons. The Morgan fingerprint density at radius 1 is 1.50 bits per heavy atom. The molecule has 6 nitrogen and oxygen atoms in total. The Morgan fingerprint density at radius 3 is 2.81 bits per heavy atom. The molecule has 1 atom stereocenters. The highest BCUT2D eigenvalue weighted by Crippen LogP contribution is 2.12. The van der Waals surface area contributed by atoms with E-state index >= 15 is 0 Å². The SMILES string of the molecule is CC1CS(=O)(=O)CCN1C(=O)n1ccnc1. The largest absolute Gasteiger partial charge is 0.329 e. The van der Waals surface area contributed by atoms with Crippen molar-refractivity contribution < 1.29 is 13.2 Å². The summed E-state index contributed by atoms with van der Waals surface area (Å²) in [6, 6.07) is -0.506. The molecule has 1 aromatic heterocycles. The first-order chi connectivity index (χ1) is 7.49. The van der Waals surface area contributed by atoms with Crippen LogP contribution in [0.3, 0.4) is 0 Å². The Bertz CT molecular complexity index is 480. The second kappa shape index (κ2) is 3.89. The molecule has 0 aliphatic carbocycles. The maximum atomic E-state index is 11.9. The van der Waals surface area contributed by atoms with Crippen LogP contribution >= 0.6 is 0 Å². The number of hydrogen-bond acceptors (Lipinski definition) is 4. The Morgan fingerprint density at radius 2 is 2.25 bits per heavy atom. The Labute approximate surface area is 93.8 Å². The van der Waals surface area contributed by atoms with Crippen molar-refractivity contribution in [1.82, 2.24) is 14.5 Å². The number of nitrogens with zero attached hydrogens (tertiary/aromatic N) is 3. The van der Waals surface area contributed by atoms with Gasteiger partial charge in [-0.25, -0.2) is 18.2 Å². The predicted molar refractivity (Wildman–Crippen MR) is 57.8 cm³/mol. The average molecular weight is 243 g/mol. The number of rotatable bonds is 0.